The van der Waals surface area contributed by atoms with Crippen LogP contribution in [-0.4, -0.2) is 30.3 Å². The summed E-state index contributed by atoms with van der Waals surface area (Å²) in [6.07, 6.45) is 0. The van der Waals surface area contributed by atoms with E-state index in [0.29, 0.717) is 23.6 Å². The highest BCUT2D eigenvalue weighted by Crippen LogP contribution is 2.24. The molecule has 3 aromatic carbocycles. The van der Waals surface area contributed by atoms with Gasteiger partial charge in [-0.2, -0.15) is 5.10 Å². The van der Waals surface area contributed by atoms with Crippen molar-refractivity contribution < 1.29 is 14.3 Å². The smallest absolute Gasteiger partial charge is 0.251 e. The zero-order chi connectivity index (χ0) is 21.6. The molecule has 0 fully saturated rings. The summed E-state index contributed by atoms with van der Waals surface area (Å²) in [6, 6.07) is 24.9. The van der Waals surface area contributed by atoms with Crippen molar-refractivity contribution in [2.75, 3.05) is 14.2 Å². The van der Waals surface area contributed by atoms with Gasteiger partial charge in [0.1, 0.15) is 11.5 Å². The average Bonchev–Trinajstić information content (AvgIpc) is 3.33. The van der Waals surface area contributed by atoms with Crippen molar-refractivity contribution in [3.63, 3.8) is 0 Å². The maximum absolute atomic E-state index is 12.6. The Bertz CT molecular complexity index is 1150. The number of aromatic nitrogens is 2. The number of hydrogen-bond acceptors (Lipinski definition) is 4. The number of hydrogen-bond donors (Lipinski definition) is 2. The van der Waals surface area contributed by atoms with Crippen molar-refractivity contribution in [3.05, 3.63) is 90.0 Å². The van der Waals surface area contributed by atoms with E-state index in [4.69, 9.17) is 9.47 Å². The van der Waals surface area contributed by atoms with Crippen molar-refractivity contribution in [2.45, 2.75) is 6.54 Å². The van der Waals surface area contributed by atoms with Crippen molar-refractivity contribution in [1.29, 1.82) is 0 Å². The molecule has 1 amide bonds. The molecule has 31 heavy (non-hydrogen) atoms. The Balaban J connectivity index is 1.43. The van der Waals surface area contributed by atoms with Gasteiger partial charge >= 0.3 is 0 Å². The number of nitrogens with one attached hydrogen (secondary N) is 2. The number of benzene rings is 3. The minimum absolute atomic E-state index is 0.150. The lowest BCUT2D eigenvalue weighted by molar-refractivity contribution is 0.0951. The van der Waals surface area contributed by atoms with Crippen LogP contribution in [0.5, 0.6) is 11.5 Å². The monoisotopic (exact) mass is 413 g/mol. The zero-order valence-electron chi connectivity index (χ0n) is 17.4. The highest BCUT2D eigenvalue weighted by atomic mass is 16.5. The summed E-state index contributed by atoms with van der Waals surface area (Å²) in [7, 11) is 3.20. The molecule has 1 heterocycles. The molecule has 156 valence electrons. The highest BCUT2D eigenvalue weighted by molar-refractivity contribution is 5.94. The molecule has 0 spiro atoms. The quantitative estimate of drug-likeness (QED) is 0.461. The van der Waals surface area contributed by atoms with E-state index in [0.717, 1.165) is 28.1 Å². The molecular weight excluding hydrogens is 390 g/mol. The number of H-pyrrole nitrogens is 1. The summed E-state index contributed by atoms with van der Waals surface area (Å²) >= 11 is 0. The van der Waals surface area contributed by atoms with Crippen molar-refractivity contribution in [3.8, 4) is 34.0 Å². The number of rotatable bonds is 7. The molecule has 4 rings (SSSR count). The van der Waals surface area contributed by atoms with Crippen LogP contribution in [0.4, 0.5) is 0 Å². The summed E-state index contributed by atoms with van der Waals surface area (Å²) in [4.78, 5) is 12.6. The third-order valence-electron chi connectivity index (χ3n) is 4.97. The fourth-order valence-electron chi connectivity index (χ4n) is 3.28. The molecule has 4 aromatic rings. The molecule has 6 heteroatoms. The van der Waals surface area contributed by atoms with E-state index in [1.165, 1.54) is 0 Å². The van der Waals surface area contributed by atoms with Crippen LogP contribution in [0.25, 0.3) is 22.5 Å². The fourth-order valence-corrected chi connectivity index (χ4v) is 3.28. The predicted molar refractivity (Wildman–Crippen MR) is 120 cm³/mol. The van der Waals surface area contributed by atoms with Crippen molar-refractivity contribution in [2.24, 2.45) is 0 Å². The van der Waals surface area contributed by atoms with E-state index in [1.807, 2.05) is 60.7 Å². The number of amides is 1. The van der Waals surface area contributed by atoms with Gasteiger partial charge in [-0.1, -0.05) is 42.5 Å². The molecule has 0 aliphatic heterocycles. The molecule has 0 radical (unpaired) electrons. The first-order valence-corrected chi connectivity index (χ1v) is 9.87. The van der Waals surface area contributed by atoms with Crippen molar-refractivity contribution >= 4 is 5.91 Å². The third-order valence-corrected chi connectivity index (χ3v) is 4.97. The molecule has 0 aliphatic rings. The molecule has 0 atom stereocenters. The lowest BCUT2D eigenvalue weighted by Crippen LogP contribution is -2.22. The maximum atomic E-state index is 12.6. The lowest BCUT2D eigenvalue weighted by Gasteiger charge is -2.10. The first-order valence-electron chi connectivity index (χ1n) is 9.87. The molecule has 0 aliphatic carbocycles. The molecule has 0 unspecified atom stereocenters. The standard InChI is InChI=1S/C25H23N3O3/c1-30-21-12-17(13-22(14-21)31-2)16-26-25(29)20-10-8-19(9-11-20)24-15-23(27-28-24)18-6-4-3-5-7-18/h3-15H,16H2,1-2H3,(H,26,29)(H,27,28). The fraction of sp³-hybridized carbons (Fsp3) is 0.120. The van der Waals surface area contributed by atoms with Gasteiger partial charge in [-0.05, 0) is 41.5 Å². The summed E-state index contributed by atoms with van der Waals surface area (Å²) in [5, 5.41) is 10.4. The topological polar surface area (TPSA) is 76.2 Å². The number of carbonyl (C=O) groups excluding carboxylic acids is 1. The predicted octanol–water partition coefficient (Wildman–Crippen LogP) is 4.69. The Morgan fingerprint density at radius 1 is 0.871 bits per heavy atom. The van der Waals surface area contributed by atoms with Crippen LogP contribution in [0.3, 0.4) is 0 Å². The Morgan fingerprint density at radius 2 is 1.55 bits per heavy atom. The molecule has 2 N–H and O–H groups in total. The van der Waals surface area contributed by atoms with Gasteiger partial charge in [0.15, 0.2) is 0 Å². The second kappa shape index (κ2) is 9.17. The second-order valence-electron chi connectivity index (χ2n) is 7.01. The molecule has 0 bridgehead atoms. The molecule has 6 nitrogen and oxygen atoms in total. The average molecular weight is 413 g/mol. The summed E-state index contributed by atoms with van der Waals surface area (Å²) in [5.41, 5.74) is 5.27. The van der Waals surface area contributed by atoms with Gasteiger partial charge in [-0.15, -0.1) is 0 Å². The van der Waals surface area contributed by atoms with Crippen LogP contribution in [0, 0.1) is 0 Å². The summed E-state index contributed by atoms with van der Waals surface area (Å²) in [5.74, 6) is 1.22. The molecule has 0 saturated carbocycles. The Morgan fingerprint density at radius 3 is 2.19 bits per heavy atom. The minimum Gasteiger partial charge on any atom is -0.497 e. The number of ether oxygens (including phenoxy) is 2. The number of carbonyl (C=O) groups is 1. The number of aromatic amines is 1. The van der Waals surface area contributed by atoms with Gasteiger partial charge in [0.05, 0.1) is 25.6 Å². The van der Waals surface area contributed by atoms with Crippen molar-refractivity contribution in [1.82, 2.24) is 15.5 Å². The minimum atomic E-state index is -0.150. The molecular formula is C25H23N3O3. The van der Waals surface area contributed by atoms with Gasteiger partial charge in [-0.25, -0.2) is 0 Å². The largest absolute Gasteiger partial charge is 0.497 e. The molecule has 1 aromatic heterocycles. The normalized spacial score (nSPS) is 10.5. The van der Waals surface area contributed by atoms with E-state index in [1.54, 1.807) is 32.4 Å². The highest BCUT2D eigenvalue weighted by Gasteiger charge is 2.09. The van der Waals surface area contributed by atoms with Crippen LogP contribution in [-0.2, 0) is 6.54 Å². The van der Waals surface area contributed by atoms with E-state index in [9.17, 15) is 4.79 Å². The number of methoxy groups -OCH3 is 2. The van der Waals surface area contributed by atoms with Crippen LogP contribution >= 0.6 is 0 Å². The third kappa shape index (κ3) is 4.75. The first kappa shape index (κ1) is 20.2. The second-order valence-corrected chi connectivity index (χ2v) is 7.01. The Kier molecular flexibility index (Phi) is 5.98. The maximum Gasteiger partial charge on any atom is 0.251 e. The zero-order valence-corrected chi connectivity index (χ0v) is 17.4. The summed E-state index contributed by atoms with van der Waals surface area (Å²) < 4.78 is 10.5. The Labute approximate surface area is 180 Å². The van der Waals surface area contributed by atoms with Crippen LogP contribution in [0.15, 0.2) is 78.9 Å². The lowest BCUT2D eigenvalue weighted by atomic mass is 10.1. The van der Waals surface area contributed by atoms with Gasteiger partial charge in [-0.3, -0.25) is 9.89 Å². The van der Waals surface area contributed by atoms with Gasteiger partial charge in [0.2, 0.25) is 0 Å². The van der Waals surface area contributed by atoms with Gasteiger partial charge in [0, 0.05) is 23.7 Å². The molecule has 0 saturated heterocycles. The van der Waals surface area contributed by atoms with Gasteiger partial charge < -0.3 is 14.8 Å². The van der Waals surface area contributed by atoms with E-state index in [-0.39, 0.29) is 5.91 Å². The van der Waals surface area contributed by atoms with E-state index >= 15 is 0 Å². The number of nitrogens with zero attached hydrogens (tertiary/aromatic N) is 1. The van der Waals surface area contributed by atoms with Crippen LogP contribution < -0.4 is 14.8 Å². The first-order chi connectivity index (χ1) is 15.2. The SMILES string of the molecule is COc1cc(CNC(=O)c2ccc(-c3cc(-c4ccccc4)n[nH]3)cc2)cc(OC)c1. The van der Waals surface area contributed by atoms with Crippen LogP contribution in [0.2, 0.25) is 0 Å². The Hall–Kier alpha value is -4.06. The van der Waals surface area contributed by atoms with Gasteiger partial charge in [0.25, 0.3) is 5.91 Å². The van der Waals surface area contributed by atoms with E-state index in [2.05, 4.69) is 15.5 Å². The van der Waals surface area contributed by atoms with Crippen LogP contribution in [0.1, 0.15) is 15.9 Å². The summed E-state index contributed by atoms with van der Waals surface area (Å²) in [6.45, 7) is 0.370. The van der Waals surface area contributed by atoms with E-state index < -0.39 is 0 Å².